The molecule has 5 heteroatoms. The number of hydrogen-bond acceptors (Lipinski definition) is 4. The Morgan fingerprint density at radius 3 is 2.00 bits per heavy atom. The van der Waals surface area contributed by atoms with Gasteiger partial charge in [0.1, 0.15) is 0 Å². The number of rotatable bonds is 10. The maximum atomic E-state index is 5.19. The van der Waals surface area contributed by atoms with Gasteiger partial charge in [-0.3, -0.25) is 0 Å². The van der Waals surface area contributed by atoms with E-state index in [4.69, 9.17) is 18.7 Å². The third kappa shape index (κ3) is 12.0. The Balaban J connectivity index is 2.79. The molecule has 0 rings (SSSR count). The number of methoxy groups -OCH3 is 1. The van der Waals surface area contributed by atoms with Crippen LogP contribution in [0.15, 0.2) is 0 Å². The summed E-state index contributed by atoms with van der Waals surface area (Å²) in [4.78, 5) is 0. The molecule has 78 valence electrons. The molecule has 0 heterocycles. The first-order valence-electron chi connectivity index (χ1n) is 4.14. The molecule has 0 aliphatic carbocycles. The lowest BCUT2D eigenvalue weighted by molar-refractivity contribution is 0.0192. The van der Waals surface area contributed by atoms with Crippen LogP contribution >= 0.6 is 8.43 Å². The summed E-state index contributed by atoms with van der Waals surface area (Å²) in [5.74, 6) is 0. The zero-order chi connectivity index (χ0) is 9.78. The minimum atomic E-state index is 0.586. The Morgan fingerprint density at radius 1 is 0.923 bits per heavy atom. The lowest BCUT2D eigenvalue weighted by Gasteiger charge is -2.04. The Kier molecular flexibility index (Phi) is 12.0. The predicted octanol–water partition coefficient (Wildman–Crippen LogP) is 0.976. The SMILES string of the molecule is C=POCCOCCOCCOC. The highest BCUT2D eigenvalue weighted by molar-refractivity contribution is 7.30. The molecule has 0 atom stereocenters. The summed E-state index contributed by atoms with van der Waals surface area (Å²) in [5.41, 5.74) is 0. The van der Waals surface area contributed by atoms with Crippen molar-refractivity contribution in [3.05, 3.63) is 0 Å². The van der Waals surface area contributed by atoms with Gasteiger partial charge in [0.25, 0.3) is 0 Å². The minimum absolute atomic E-state index is 0.586. The molecule has 0 aromatic carbocycles. The van der Waals surface area contributed by atoms with Gasteiger partial charge in [0.05, 0.1) is 39.6 Å². The highest BCUT2D eigenvalue weighted by Crippen LogP contribution is 1.91. The molecule has 0 amide bonds. The molecular formula is C8H17O4P. The van der Waals surface area contributed by atoms with Crippen molar-refractivity contribution in [3.8, 4) is 0 Å². The summed E-state index contributed by atoms with van der Waals surface area (Å²) in [7, 11) is 2.34. The van der Waals surface area contributed by atoms with E-state index in [1.165, 1.54) is 0 Å². The highest BCUT2D eigenvalue weighted by atomic mass is 31.1. The van der Waals surface area contributed by atoms with Crippen molar-refractivity contribution in [2.45, 2.75) is 0 Å². The second-order valence-electron chi connectivity index (χ2n) is 2.18. The van der Waals surface area contributed by atoms with Crippen LogP contribution in [0.25, 0.3) is 0 Å². The smallest absolute Gasteiger partial charge is 0.0808 e. The number of ether oxygens (including phenoxy) is 3. The summed E-state index contributed by atoms with van der Waals surface area (Å²) in [6.07, 6.45) is 3.51. The first kappa shape index (κ1) is 13.0. The van der Waals surface area contributed by atoms with Crippen molar-refractivity contribution in [2.75, 3.05) is 46.8 Å². The fourth-order valence-electron chi connectivity index (χ4n) is 0.625. The van der Waals surface area contributed by atoms with Crippen molar-refractivity contribution < 1.29 is 18.7 Å². The van der Waals surface area contributed by atoms with E-state index >= 15 is 0 Å². The molecule has 0 fully saturated rings. The fraction of sp³-hybridized carbons (Fsp3) is 0.875. The molecule has 0 aliphatic heterocycles. The monoisotopic (exact) mass is 208 g/mol. The Labute approximate surface area is 81.0 Å². The zero-order valence-corrected chi connectivity index (χ0v) is 8.92. The van der Waals surface area contributed by atoms with E-state index in [1.54, 1.807) is 7.11 Å². The van der Waals surface area contributed by atoms with Crippen LogP contribution in [0.4, 0.5) is 0 Å². The van der Waals surface area contributed by atoms with Gasteiger partial charge in [-0.25, -0.2) is 0 Å². The molecule has 0 bridgehead atoms. The number of hydrogen-bond donors (Lipinski definition) is 0. The van der Waals surface area contributed by atoms with E-state index in [0.717, 1.165) is 0 Å². The molecule has 0 unspecified atom stereocenters. The second-order valence-corrected chi connectivity index (χ2v) is 2.70. The zero-order valence-electron chi connectivity index (χ0n) is 8.03. The summed E-state index contributed by atoms with van der Waals surface area (Å²) < 4.78 is 20.1. The average Bonchev–Trinajstić information content (AvgIpc) is 2.16. The second kappa shape index (κ2) is 12.0. The van der Waals surface area contributed by atoms with E-state index in [9.17, 15) is 0 Å². The lowest BCUT2D eigenvalue weighted by Crippen LogP contribution is -2.10. The van der Waals surface area contributed by atoms with Crippen LogP contribution in [0.2, 0.25) is 0 Å². The standard InChI is InChI=1S/C8H17O4P/c1-9-3-4-10-5-6-11-7-8-12-13-2/h2-8H2,1H3. The van der Waals surface area contributed by atoms with Crippen molar-refractivity contribution in [3.63, 3.8) is 0 Å². The molecular weight excluding hydrogens is 191 g/mol. The van der Waals surface area contributed by atoms with Crippen molar-refractivity contribution >= 4 is 14.7 Å². The van der Waals surface area contributed by atoms with E-state index < -0.39 is 0 Å². The van der Waals surface area contributed by atoms with Crippen molar-refractivity contribution in [1.29, 1.82) is 0 Å². The van der Waals surface area contributed by atoms with Crippen molar-refractivity contribution in [2.24, 2.45) is 0 Å². The predicted molar refractivity (Wildman–Crippen MR) is 53.5 cm³/mol. The first-order valence-corrected chi connectivity index (χ1v) is 5.14. The van der Waals surface area contributed by atoms with Gasteiger partial charge < -0.3 is 18.7 Å². The van der Waals surface area contributed by atoms with E-state index in [-0.39, 0.29) is 0 Å². The van der Waals surface area contributed by atoms with Gasteiger partial charge in [-0.2, -0.15) is 0 Å². The molecule has 0 radical (unpaired) electrons. The maximum absolute atomic E-state index is 5.19. The van der Waals surface area contributed by atoms with Gasteiger partial charge in [0.2, 0.25) is 0 Å². The molecule has 0 aromatic rings. The van der Waals surface area contributed by atoms with Crippen LogP contribution in [0.5, 0.6) is 0 Å². The maximum Gasteiger partial charge on any atom is 0.0808 e. The van der Waals surface area contributed by atoms with E-state index in [2.05, 4.69) is 6.30 Å². The average molecular weight is 208 g/mol. The van der Waals surface area contributed by atoms with Crippen molar-refractivity contribution in [1.82, 2.24) is 0 Å². The quantitative estimate of drug-likeness (QED) is 0.396. The van der Waals surface area contributed by atoms with Crippen LogP contribution in [-0.2, 0) is 18.7 Å². The molecule has 4 nitrogen and oxygen atoms in total. The summed E-state index contributed by atoms with van der Waals surface area (Å²) in [6.45, 7) is 3.63. The molecule has 0 spiro atoms. The Hall–Kier alpha value is 0.01000. The Bertz CT molecular complexity index is 110. The molecule has 0 saturated carbocycles. The third-order valence-electron chi connectivity index (χ3n) is 1.21. The van der Waals surface area contributed by atoms with Gasteiger partial charge in [-0.1, -0.05) is 0 Å². The van der Waals surface area contributed by atoms with Gasteiger partial charge in [0.15, 0.2) is 0 Å². The van der Waals surface area contributed by atoms with Gasteiger partial charge in [0, 0.05) is 15.5 Å². The van der Waals surface area contributed by atoms with Crippen LogP contribution in [-0.4, -0.2) is 53.1 Å². The summed E-state index contributed by atoms with van der Waals surface area (Å²) in [6, 6.07) is 0. The lowest BCUT2D eigenvalue weighted by atomic mass is 10.7. The highest BCUT2D eigenvalue weighted by Gasteiger charge is 1.89. The summed E-state index contributed by atoms with van der Waals surface area (Å²) in [5, 5.41) is 0. The largest absolute Gasteiger partial charge is 0.382 e. The van der Waals surface area contributed by atoms with Gasteiger partial charge in [-0.05, 0) is 6.30 Å². The third-order valence-corrected chi connectivity index (χ3v) is 1.58. The van der Waals surface area contributed by atoms with Crippen LogP contribution in [0.1, 0.15) is 0 Å². The van der Waals surface area contributed by atoms with Crippen LogP contribution < -0.4 is 0 Å². The molecule has 13 heavy (non-hydrogen) atoms. The first-order chi connectivity index (χ1) is 6.41. The Morgan fingerprint density at radius 2 is 1.46 bits per heavy atom. The van der Waals surface area contributed by atoms with E-state index in [0.29, 0.717) is 48.1 Å². The fourth-order valence-corrected chi connectivity index (χ4v) is 0.829. The van der Waals surface area contributed by atoms with Gasteiger partial charge >= 0.3 is 0 Å². The van der Waals surface area contributed by atoms with Crippen LogP contribution in [0.3, 0.4) is 0 Å². The van der Waals surface area contributed by atoms with Crippen LogP contribution in [0, 0.1) is 0 Å². The minimum Gasteiger partial charge on any atom is -0.382 e. The van der Waals surface area contributed by atoms with Gasteiger partial charge in [-0.15, -0.1) is 0 Å². The molecule has 0 N–H and O–H groups in total. The topological polar surface area (TPSA) is 36.9 Å². The normalized spacial score (nSPS) is 10.8. The van der Waals surface area contributed by atoms with E-state index in [1.807, 2.05) is 0 Å². The molecule has 0 saturated heterocycles. The summed E-state index contributed by atoms with van der Waals surface area (Å²) >= 11 is 0. The molecule has 0 aromatic heterocycles. The molecule has 0 aliphatic rings.